The van der Waals surface area contributed by atoms with Crippen LogP contribution in [0, 0.1) is 0 Å². The summed E-state index contributed by atoms with van der Waals surface area (Å²) in [7, 11) is -8.80. The summed E-state index contributed by atoms with van der Waals surface area (Å²) in [6.07, 6.45) is 0.341. The molecule has 0 amide bonds. The van der Waals surface area contributed by atoms with Gasteiger partial charge in [-0.3, -0.25) is 0 Å². The zero-order valence-corrected chi connectivity index (χ0v) is 19.9. The first kappa shape index (κ1) is 23.8. The number of rotatable bonds is 5. The summed E-state index contributed by atoms with van der Waals surface area (Å²) in [6, 6.07) is 3.69. The molecule has 12 heteroatoms. The molecule has 0 spiro atoms. The summed E-state index contributed by atoms with van der Waals surface area (Å²) < 4.78 is 64.0. The number of aryl methyl sites for hydroxylation is 1. The summed E-state index contributed by atoms with van der Waals surface area (Å²) in [5.74, 6) is -0.0753. The third-order valence-electron chi connectivity index (χ3n) is 2.60. The molecule has 0 aliphatic rings. The Morgan fingerprint density at radius 2 is 1.73 bits per heavy atom. The molecule has 0 atom stereocenters. The molecular weight excluding hydrogens is 386 g/mol. The topological polar surface area (TPSA) is 143 Å². The van der Waals surface area contributed by atoms with E-state index in [1.807, 2.05) is 0 Å². The Morgan fingerprint density at radius 1 is 1.09 bits per heavy atom. The largest absolute Gasteiger partial charge is 1.00 e. The van der Waals surface area contributed by atoms with E-state index in [0.29, 0.717) is 16.9 Å². The molecule has 0 aliphatic carbocycles. The monoisotopic (exact) mass is 396 g/mol. The van der Waals surface area contributed by atoms with E-state index in [9.17, 15) is 25.9 Å². The molecule has 1 heterocycles. The molecule has 0 unspecified atom stereocenters. The molecule has 0 saturated carbocycles. The maximum absolute atomic E-state index is 10.9. The molecule has 110 valence electrons. The van der Waals surface area contributed by atoms with Gasteiger partial charge in [0.05, 0.1) is 26.0 Å². The zero-order chi connectivity index (χ0) is 15.0. The molecule has 1 aromatic carbocycles. The van der Waals surface area contributed by atoms with E-state index >= 15 is 0 Å². The zero-order valence-electron chi connectivity index (χ0n) is 12.1. The van der Waals surface area contributed by atoms with Gasteiger partial charge in [-0.1, -0.05) is 0 Å². The number of nitrogens with one attached hydrogen (secondary N) is 1. The van der Waals surface area contributed by atoms with E-state index in [0.717, 1.165) is 6.07 Å². The molecular formula is C10H10K2N2O6S2. The quantitative estimate of drug-likeness (QED) is 0.391. The number of hydrogen-bond acceptors (Lipinski definition) is 7. The van der Waals surface area contributed by atoms with Gasteiger partial charge >= 0.3 is 103 Å². The molecule has 2 aromatic rings. The van der Waals surface area contributed by atoms with Crippen LogP contribution >= 0.6 is 0 Å². The van der Waals surface area contributed by atoms with Gasteiger partial charge in [0.25, 0.3) is 0 Å². The van der Waals surface area contributed by atoms with Gasteiger partial charge in [-0.05, 0) is 24.6 Å². The van der Waals surface area contributed by atoms with Gasteiger partial charge in [-0.25, -0.2) is 21.8 Å². The maximum Gasteiger partial charge on any atom is 1.00 e. The Hall–Kier alpha value is 1.78. The first-order valence-corrected chi connectivity index (χ1v) is 8.52. The van der Waals surface area contributed by atoms with Crippen molar-refractivity contribution in [2.75, 3.05) is 5.75 Å². The van der Waals surface area contributed by atoms with Crippen molar-refractivity contribution in [1.29, 1.82) is 0 Å². The van der Waals surface area contributed by atoms with Crippen LogP contribution in [0.5, 0.6) is 0 Å². The van der Waals surface area contributed by atoms with E-state index < -0.39 is 26.0 Å². The van der Waals surface area contributed by atoms with Crippen LogP contribution in [-0.4, -0.2) is 41.7 Å². The van der Waals surface area contributed by atoms with Gasteiger partial charge in [0.2, 0.25) is 0 Å². The van der Waals surface area contributed by atoms with Crippen molar-refractivity contribution < 1.29 is 129 Å². The van der Waals surface area contributed by atoms with Crippen molar-refractivity contribution in [2.45, 2.75) is 17.7 Å². The average Bonchev–Trinajstić information content (AvgIpc) is 2.67. The summed E-state index contributed by atoms with van der Waals surface area (Å²) in [6.45, 7) is 0. The van der Waals surface area contributed by atoms with Crippen LogP contribution in [-0.2, 0) is 26.7 Å². The Balaban J connectivity index is 0.00000220. The fourth-order valence-electron chi connectivity index (χ4n) is 1.73. The SMILES string of the molecule is O=S(=O)([O-])CCCc1nc2ccc(S(=O)(=O)[O-])cc2[nH]1.[K+].[K+]. The molecule has 1 N–H and O–H groups in total. The van der Waals surface area contributed by atoms with Gasteiger partial charge in [0, 0.05) is 12.2 Å². The van der Waals surface area contributed by atoms with Crippen LogP contribution in [0.25, 0.3) is 11.0 Å². The second kappa shape index (κ2) is 9.47. The number of benzene rings is 1. The van der Waals surface area contributed by atoms with Crippen molar-refractivity contribution >= 4 is 31.3 Å². The molecule has 1 aromatic heterocycles. The van der Waals surface area contributed by atoms with Gasteiger partial charge in [-0.2, -0.15) is 0 Å². The number of fused-ring (bicyclic) bond motifs is 1. The number of aromatic amines is 1. The second-order valence-corrected chi connectivity index (χ2v) is 7.09. The third-order valence-corrected chi connectivity index (χ3v) is 4.22. The first-order valence-electron chi connectivity index (χ1n) is 5.53. The van der Waals surface area contributed by atoms with Crippen molar-refractivity contribution in [3.63, 3.8) is 0 Å². The van der Waals surface area contributed by atoms with E-state index in [-0.39, 0.29) is 121 Å². The number of imidazole rings is 1. The Morgan fingerprint density at radius 3 is 2.27 bits per heavy atom. The van der Waals surface area contributed by atoms with E-state index in [1.54, 1.807) is 0 Å². The molecule has 0 aliphatic heterocycles. The van der Waals surface area contributed by atoms with Crippen LogP contribution in [0.2, 0.25) is 0 Å². The Bertz CT molecular complexity index is 847. The van der Waals surface area contributed by atoms with Crippen molar-refractivity contribution in [3.05, 3.63) is 24.0 Å². The number of nitrogens with zero attached hydrogens (tertiary/aromatic N) is 1. The van der Waals surface area contributed by atoms with Crippen LogP contribution in [0.4, 0.5) is 0 Å². The molecule has 22 heavy (non-hydrogen) atoms. The predicted octanol–water partition coefficient (Wildman–Crippen LogP) is -6.05. The minimum absolute atomic E-state index is 0. The van der Waals surface area contributed by atoms with E-state index in [2.05, 4.69) is 9.97 Å². The number of aromatic nitrogens is 2. The number of H-pyrrole nitrogens is 1. The number of hydrogen-bond donors (Lipinski definition) is 1. The molecule has 8 nitrogen and oxygen atoms in total. The minimum Gasteiger partial charge on any atom is -0.748 e. The van der Waals surface area contributed by atoms with Crippen LogP contribution < -0.4 is 103 Å². The summed E-state index contributed by atoms with van der Waals surface area (Å²) in [5.41, 5.74) is 0.819. The smallest absolute Gasteiger partial charge is 0.748 e. The minimum atomic E-state index is -4.54. The van der Waals surface area contributed by atoms with Gasteiger partial charge < -0.3 is 14.1 Å². The summed E-state index contributed by atoms with van der Waals surface area (Å²) in [4.78, 5) is 6.52. The van der Waals surface area contributed by atoms with E-state index in [1.165, 1.54) is 12.1 Å². The molecule has 2 rings (SSSR count). The summed E-state index contributed by atoms with van der Waals surface area (Å²) in [5, 5.41) is 0. The molecule has 0 radical (unpaired) electrons. The fourth-order valence-corrected chi connectivity index (χ4v) is 2.73. The van der Waals surface area contributed by atoms with E-state index in [4.69, 9.17) is 0 Å². The Labute approximate surface area is 213 Å². The fraction of sp³-hybridized carbons (Fsp3) is 0.300. The normalized spacial score (nSPS) is 11.7. The molecule has 0 fully saturated rings. The van der Waals surface area contributed by atoms with Gasteiger partial charge in [-0.15, -0.1) is 0 Å². The maximum atomic E-state index is 10.9. The third kappa shape index (κ3) is 7.35. The van der Waals surface area contributed by atoms with Gasteiger partial charge in [0.1, 0.15) is 15.9 Å². The Kier molecular flexibility index (Phi) is 10.2. The van der Waals surface area contributed by atoms with Crippen molar-refractivity contribution in [3.8, 4) is 0 Å². The van der Waals surface area contributed by atoms with Crippen molar-refractivity contribution in [1.82, 2.24) is 9.97 Å². The van der Waals surface area contributed by atoms with Crippen LogP contribution in [0.3, 0.4) is 0 Å². The first-order chi connectivity index (χ1) is 9.15. The standard InChI is InChI=1S/C10H12N2O6S2.2K/c13-19(14,15)5-1-2-10-11-8-4-3-7(20(16,17)18)6-9(8)12-10;;/h3-4,6H,1-2,5H2,(H,11,12)(H,13,14,15)(H,16,17,18);;/q;2*+1/p-2. The van der Waals surface area contributed by atoms with Gasteiger partial charge in [0.15, 0.2) is 0 Å². The second-order valence-electron chi connectivity index (χ2n) is 4.18. The van der Waals surface area contributed by atoms with Crippen LogP contribution in [0.15, 0.2) is 23.1 Å². The molecule has 0 saturated heterocycles. The van der Waals surface area contributed by atoms with Crippen LogP contribution in [0.1, 0.15) is 12.2 Å². The summed E-state index contributed by atoms with van der Waals surface area (Å²) >= 11 is 0. The van der Waals surface area contributed by atoms with Crippen molar-refractivity contribution in [2.24, 2.45) is 0 Å². The predicted molar refractivity (Wildman–Crippen MR) is 66.9 cm³/mol. The average molecular weight is 397 g/mol. The molecule has 0 bridgehead atoms.